The lowest BCUT2D eigenvalue weighted by Crippen LogP contribution is -2.49. The number of carboxylic acids is 1. The molecule has 1 fully saturated rings. The highest BCUT2D eigenvalue weighted by atomic mass is 19.4. The van der Waals surface area contributed by atoms with E-state index in [0.717, 1.165) is 16.8 Å². The second kappa shape index (κ2) is 8.79. The third kappa shape index (κ3) is 4.74. The zero-order valence-electron chi connectivity index (χ0n) is 18.4. The standard InChI is InChI=1S/C24H25F4N3O2/c1-15-20(23(32)33)13-21-19(17-3-5-18(25)6-4-17)7-8-31(21)22(15)16(2)30-11-9-29(10-12-30)14-24(26,27)28/h3-8,13,16H,9-12,14H2,1-2H3,(H,32,33). The van der Waals surface area contributed by atoms with Gasteiger partial charge in [0.2, 0.25) is 0 Å². The van der Waals surface area contributed by atoms with E-state index in [1.807, 2.05) is 23.6 Å². The predicted octanol–water partition coefficient (Wildman–Crippen LogP) is 4.99. The van der Waals surface area contributed by atoms with Crippen LogP contribution in [0.3, 0.4) is 0 Å². The molecule has 1 atom stereocenters. The van der Waals surface area contributed by atoms with Gasteiger partial charge in [0.25, 0.3) is 0 Å². The maximum absolute atomic E-state index is 13.4. The Morgan fingerprint density at radius 1 is 1.09 bits per heavy atom. The zero-order chi connectivity index (χ0) is 23.9. The fourth-order valence-electron chi connectivity index (χ4n) is 4.71. The molecule has 0 bridgehead atoms. The summed E-state index contributed by atoms with van der Waals surface area (Å²) < 4.78 is 53.6. The predicted molar refractivity (Wildman–Crippen MR) is 117 cm³/mol. The normalized spacial score (nSPS) is 16.9. The van der Waals surface area contributed by atoms with Crippen LogP contribution in [0.4, 0.5) is 17.6 Å². The van der Waals surface area contributed by atoms with Gasteiger partial charge in [-0.15, -0.1) is 0 Å². The van der Waals surface area contributed by atoms with Crippen molar-refractivity contribution in [1.82, 2.24) is 14.2 Å². The summed E-state index contributed by atoms with van der Waals surface area (Å²) in [4.78, 5) is 15.5. The molecule has 9 heteroatoms. The lowest BCUT2D eigenvalue weighted by atomic mass is 9.99. The molecule has 0 radical (unpaired) electrons. The summed E-state index contributed by atoms with van der Waals surface area (Å²) in [5.41, 5.74) is 3.78. The molecule has 33 heavy (non-hydrogen) atoms. The Kier molecular flexibility index (Phi) is 6.20. The molecular formula is C24H25F4N3O2. The van der Waals surface area contributed by atoms with Gasteiger partial charge in [-0.25, -0.2) is 9.18 Å². The second-order valence-electron chi connectivity index (χ2n) is 8.47. The van der Waals surface area contributed by atoms with Gasteiger partial charge in [-0.2, -0.15) is 13.2 Å². The fraction of sp³-hybridized carbons (Fsp3) is 0.375. The van der Waals surface area contributed by atoms with Crippen LogP contribution < -0.4 is 0 Å². The maximum Gasteiger partial charge on any atom is 0.401 e. The number of fused-ring (bicyclic) bond motifs is 1. The largest absolute Gasteiger partial charge is 0.478 e. The van der Waals surface area contributed by atoms with Crippen molar-refractivity contribution in [3.8, 4) is 11.1 Å². The molecular weight excluding hydrogens is 438 g/mol. The van der Waals surface area contributed by atoms with Gasteiger partial charge < -0.3 is 9.51 Å². The number of hydrogen-bond acceptors (Lipinski definition) is 3. The minimum atomic E-state index is -4.23. The first-order valence-electron chi connectivity index (χ1n) is 10.7. The Bertz CT molecular complexity index is 1160. The molecule has 4 rings (SSSR count). The number of benzene rings is 1. The van der Waals surface area contributed by atoms with Crippen LogP contribution in [0.15, 0.2) is 42.6 Å². The molecule has 1 aliphatic rings. The average molecular weight is 463 g/mol. The summed E-state index contributed by atoms with van der Waals surface area (Å²) in [6.07, 6.45) is -2.37. The van der Waals surface area contributed by atoms with E-state index in [4.69, 9.17) is 0 Å². The van der Waals surface area contributed by atoms with Gasteiger partial charge in [0.05, 0.1) is 17.6 Å². The van der Waals surface area contributed by atoms with Gasteiger partial charge in [-0.1, -0.05) is 12.1 Å². The molecule has 1 aliphatic heterocycles. The lowest BCUT2D eigenvalue weighted by molar-refractivity contribution is -0.149. The first-order chi connectivity index (χ1) is 15.5. The van der Waals surface area contributed by atoms with Crippen molar-refractivity contribution in [1.29, 1.82) is 0 Å². The van der Waals surface area contributed by atoms with E-state index in [9.17, 15) is 27.5 Å². The Morgan fingerprint density at radius 2 is 1.73 bits per heavy atom. The number of nitrogens with zero attached hydrogens (tertiary/aromatic N) is 3. The summed E-state index contributed by atoms with van der Waals surface area (Å²) in [6, 6.07) is 9.28. The number of carboxylic acid groups (broad SMARTS) is 1. The highest BCUT2D eigenvalue weighted by molar-refractivity contribution is 5.94. The number of pyridine rings is 1. The molecule has 0 aliphatic carbocycles. The van der Waals surface area contributed by atoms with Crippen LogP contribution in [0.1, 0.15) is 34.6 Å². The third-order valence-corrected chi connectivity index (χ3v) is 6.39. The van der Waals surface area contributed by atoms with E-state index in [1.165, 1.54) is 17.0 Å². The molecule has 1 unspecified atom stereocenters. The first-order valence-corrected chi connectivity index (χ1v) is 10.7. The molecule has 1 aromatic carbocycles. The molecule has 3 aromatic rings. The first kappa shape index (κ1) is 23.3. The molecule has 0 spiro atoms. The lowest BCUT2D eigenvalue weighted by Gasteiger charge is -2.39. The number of aromatic nitrogens is 1. The summed E-state index contributed by atoms with van der Waals surface area (Å²) >= 11 is 0. The molecule has 3 heterocycles. The van der Waals surface area contributed by atoms with Crippen molar-refractivity contribution in [3.63, 3.8) is 0 Å². The highest BCUT2D eigenvalue weighted by Crippen LogP contribution is 2.34. The van der Waals surface area contributed by atoms with Gasteiger partial charge in [-0.3, -0.25) is 9.80 Å². The van der Waals surface area contributed by atoms with Crippen LogP contribution in [0.25, 0.3) is 16.6 Å². The van der Waals surface area contributed by atoms with Gasteiger partial charge in [0.15, 0.2) is 0 Å². The van der Waals surface area contributed by atoms with Gasteiger partial charge >= 0.3 is 12.1 Å². The van der Waals surface area contributed by atoms with Crippen molar-refractivity contribution >= 4 is 11.5 Å². The SMILES string of the molecule is Cc1c(C(=O)O)cc2c(-c3ccc(F)cc3)ccn2c1C(C)N1CCN(CC(F)(F)F)CC1. The number of carbonyl (C=O) groups is 1. The quantitative estimate of drug-likeness (QED) is 0.542. The smallest absolute Gasteiger partial charge is 0.401 e. The number of halogens is 4. The van der Waals surface area contributed by atoms with Crippen molar-refractivity contribution in [2.75, 3.05) is 32.7 Å². The Labute approximate surface area is 188 Å². The minimum Gasteiger partial charge on any atom is -0.478 e. The van der Waals surface area contributed by atoms with Crippen LogP contribution in [-0.4, -0.2) is 64.2 Å². The molecule has 0 saturated carbocycles. The van der Waals surface area contributed by atoms with Gasteiger partial charge in [0, 0.05) is 49.7 Å². The van der Waals surface area contributed by atoms with E-state index in [2.05, 4.69) is 4.90 Å². The van der Waals surface area contributed by atoms with E-state index in [1.54, 1.807) is 25.1 Å². The van der Waals surface area contributed by atoms with Crippen molar-refractivity contribution in [2.45, 2.75) is 26.1 Å². The minimum absolute atomic E-state index is 0.169. The highest BCUT2D eigenvalue weighted by Gasteiger charge is 2.33. The number of piperazine rings is 1. The summed E-state index contributed by atoms with van der Waals surface area (Å²) in [5.74, 6) is -1.41. The van der Waals surface area contributed by atoms with Crippen molar-refractivity contribution < 1.29 is 27.5 Å². The topological polar surface area (TPSA) is 48.2 Å². The van der Waals surface area contributed by atoms with E-state index >= 15 is 0 Å². The van der Waals surface area contributed by atoms with Crippen LogP contribution in [0.5, 0.6) is 0 Å². The van der Waals surface area contributed by atoms with Crippen LogP contribution >= 0.6 is 0 Å². The number of aromatic carboxylic acids is 1. The molecule has 1 N–H and O–H groups in total. The van der Waals surface area contributed by atoms with E-state index in [0.29, 0.717) is 24.2 Å². The second-order valence-corrected chi connectivity index (χ2v) is 8.47. The van der Waals surface area contributed by atoms with E-state index in [-0.39, 0.29) is 30.5 Å². The number of hydrogen-bond donors (Lipinski definition) is 1. The summed E-state index contributed by atoms with van der Waals surface area (Å²) in [7, 11) is 0. The van der Waals surface area contributed by atoms with Crippen molar-refractivity contribution in [2.24, 2.45) is 0 Å². The Balaban J connectivity index is 1.72. The maximum atomic E-state index is 13.4. The van der Waals surface area contributed by atoms with Gasteiger partial charge in [-0.05, 0) is 49.2 Å². The third-order valence-electron chi connectivity index (χ3n) is 6.39. The number of alkyl halides is 3. The molecule has 0 amide bonds. The molecule has 2 aromatic heterocycles. The van der Waals surface area contributed by atoms with Crippen LogP contribution in [0.2, 0.25) is 0 Å². The van der Waals surface area contributed by atoms with Crippen molar-refractivity contribution in [3.05, 3.63) is 65.2 Å². The Morgan fingerprint density at radius 3 is 2.30 bits per heavy atom. The number of rotatable bonds is 5. The van der Waals surface area contributed by atoms with E-state index < -0.39 is 18.7 Å². The average Bonchev–Trinajstić information content (AvgIpc) is 3.16. The Hall–Kier alpha value is -2.91. The molecule has 1 saturated heterocycles. The fourth-order valence-corrected chi connectivity index (χ4v) is 4.71. The van der Waals surface area contributed by atoms with Crippen LogP contribution in [-0.2, 0) is 0 Å². The molecule has 5 nitrogen and oxygen atoms in total. The van der Waals surface area contributed by atoms with Crippen LogP contribution in [0, 0.1) is 12.7 Å². The summed E-state index contributed by atoms with van der Waals surface area (Å²) in [5, 5.41) is 9.83. The summed E-state index contributed by atoms with van der Waals surface area (Å²) in [6.45, 7) is 4.25. The van der Waals surface area contributed by atoms with Gasteiger partial charge in [0.1, 0.15) is 5.82 Å². The molecule has 176 valence electrons. The zero-order valence-corrected chi connectivity index (χ0v) is 18.4. The monoisotopic (exact) mass is 463 g/mol.